The number of rotatable bonds is 6. The molecule has 0 saturated carbocycles. The molecule has 0 aromatic rings. The lowest BCUT2D eigenvalue weighted by Gasteiger charge is -1.93. The third-order valence-electron chi connectivity index (χ3n) is 1.96. The van der Waals surface area contributed by atoms with E-state index in [2.05, 4.69) is 51.3 Å². The Morgan fingerprint density at radius 3 is 0.773 bits per heavy atom. The fourth-order valence-corrected chi connectivity index (χ4v) is 0.854. The number of unbranched alkanes of at least 4 members (excludes halogenated alkanes) is 6. The van der Waals surface area contributed by atoms with Crippen molar-refractivity contribution in [2.45, 2.75) is 79.1 Å². The third kappa shape index (κ3) is 170. The van der Waals surface area contributed by atoms with Crippen LogP contribution in [0.15, 0.2) is 0 Å². The molecule has 0 fully saturated rings. The molecule has 0 saturated heterocycles. The number of hydrogen-bond acceptors (Lipinski definition) is 2. The van der Waals surface area contributed by atoms with Gasteiger partial charge < -0.3 is 29.4 Å². The largest absolute Gasteiger partial charge is 0.325 e. The molecule has 0 aliphatic carbocycles. The molecule has 6 N–H and O–H groups in total. The van der Waals surface area contributed by atoms with Crippen LogP contribution in [0.4, 0.5) is 0 Å². The molecule has 0 rings (SSSR count). The van der Waals surface area contributed by atoms with Crippen molar-refractivity contribution in [1.29, 1.82) is 0 Å². The zero-order chi connectivity index (χ0) is 18.7. The molecule has 0 unspecified atom stereocenters. The first-order valence-corrected chi connectivity index (χ1v) is 12.7. The highest BCUT2D eigenvalue weighted by Gasteiger charge is 1.92. The minimum absolute atomic E-state index is 1.32. The van der Waals surface area contributed by atoms with E-state index >= 15 is 0 Å². The quantitative estimate of drug-likeness (QED) is 0.296. The SMILES string of the molecule is CCCC.CCCCCCCC.OP(O)(O)=S.OP(O)(O)=S. The lowest BCUT2D eigenvalue weighted by atomic mass is 10.1. The summed E-state index contributed by atoms with van der Waals surface area (Å²) in [5.41, 5.74) is 0. The highest BCUT2D eigenvalue weighted by molar-refractivity contribution is 8.06. The summed E-state index contributed by atoms with van der Waals surface area (Å²) < 4.78 is 0. The third-order valence-corrected chi connectivity index (χ3v) is 1.96. The van der Waals surface area contributed by atoms with E-state index in [9.17, 15) is 0 Å². The summed E-state index contributed by atoms with van der Waals surface area (Å²) in [5, 5.41) is 0. The van der Waals surface area contributed by atoms with Crippen molar-refractivity contribution in [3.63, 3.8) is 0 Å². The van der Waals surface area contributed by atoms with E-state index in [1.165, 1.54) is 51.4 Å². The monoisotopic (exact) mass is 400 g/mol. The molecule has 0 radical (unpaired) electrons. The molecule has 0 atom stereocenters. The molecule has 6 nitrogen and oxygen atoms in total. The molecular weight excluding hydrogens is 366 g/mol. The Labute approximate surface area is 145 Å². The van der Waals surface area contributed by atoms with Crippen molar-refractivity contribution < 1.29 is 29.4 Å². The van der Waals surface area contributed by atoms with Crippen LogP contribution in [0.5, 0.6) is 0 Å². The zero-order valence-electron chi connectivity index (χ0n) is 14.1. The fraction of sp³-hybridized carbons (Fsp3) is 1.00. The van der Waals surface area contributed by atoms with Gasteiger partial charge in [-0.25, -0.2) is 0 Å². The van der Waals surface area contributed by atoms with Gasteiger partial charge >= 0.3 is 13.4 Å². The van der Waals surface area contributed by atoms with Crippen LogP contribution in [0, 0.1) is 0 Å². The Balaban J connectivity index is -0.000000102. The van der Waals surface area contributed by atoms with Crippen LogP contribution >= 0.6 is 13.4 Å². The van der Waals surface area contributed by atoms with Gasteiger partial charge in [-0.3, -0.25) is 0 Å². The van der Waals surface area contributed by atoms with E-state index in [-0.39, 0.29) is 0 Å². The Hall–Kier alpha value is 1.06. The summed E-state index contributed by atoms with van der Waals surface area (Å²) in [4.78, 5) is 45.3. The van der Waals surface area contributed by atoms with E-state index in [4.69, 9.17) is 29.4 Å². The van der Waals surface area contributed by atoms with Crippen LogP contribution in [-0.4, -0.2) is 29.4 Å². The summed E-state index contributed by atoms with van der Waals surface area (Å²) in [6.45, 7) is 1.26. The molecule has 0 heterocycles. The van der Waals surface area contributed by atoms with Crippen LogP contribution in [-0.2, 0) is 23.6 Å². The van der Waals surface area contributed by atoms with Crippen molar-refractivity contribution in [3.05, 3.63) is 0 Å². The first-order valence-electron chi connectivity index (χ1n) is 7.39. The molecular formula is C12H34O6P2S2. The average molecular weight is 400 g/mol. The topological polar surface area (TPSA) is 121 Å². The number of hydrogen-bond donors (Lipinski definition) is 6. The van der Waals surface area contributed by atoms with Gasteiger partial charge in [0.15, 0.2) is 0 Å². The van der Waals surface area contributed by atoms with E-state index < -0.39 is 13.4 Å². The van der Waals surface area contributed by atoms with Crippen LogP contribution in [0.3, 0.4) is 0 Å². The Morgan fingerprint density at radius 1 is 0.500 bits per heavy atom. The van der Waals surface area contributed by atoms with Crippen molar-refractivity contribution in [2.75, 3.05) is 0 Å². The summed E-state index contributed by atoms with van der Waals surface area (Å²) in [5.74, 6) is 0. The zero-order valence-corrected chi connectivity index (χ0v) is 17.5. The summed E-state index contributed by atoms with van der Waals surface area (Å²) in [7, 11) is 0. The molecule has 0 aromatic carbocycles. The standard InChI is InChI=1S/C8H18.C4H10.2H3O3PS/c1-3-5-7-8-6-4-2;1-3-4-2;2*1-4(2,3)5/h3-8H2,1-2H3;3-4H2,1-2H3;2*(H3,1,2,3,5). The lowest BCUT2D eigenvalue weighted by Crippen LogP contribution is -1.73. The molecule has 140 valence electrons. The van der Waals surface area contributed by atoms with Gasteiger partial charge in [-0.05, 0) is 23.6 Å². The van der Waals surface area contributed by atoms with Gasteiger partial charge in [-0.2, -0.15) is 0 Å². The van der Waals surface area contributed by atoms with Crippen LogP contribution < -0.4 is 0 Å². The van der Waals surface area contributed by atoms with Gasteiger partial charge in [0.25, 0.3) is 0 Å². The van der Waals surface area contributed by atoms with Gasteiger partial charge in [0.05, 0.1) is 0 Å². The van der Waals surface area contributed by atoms with E-state index in [1.54, 1.807) is 0 Å². The van der Waals surface area contributed by atoms with Gasteiger partial charge in [-0.15, -0.1) is 0 Å². The van der Waals surface area contributed by atoms with Gasteiger partial charge in [-0.1, -0.05) is 79.1 Å². The molecule has 22 heavy (non-hydrogen) atoms. The van der Waals surface area contributed by atoms with E-state index in [0.29, 0.717) is 0 Å². The van der Waals surface area contributed by atoms with Crippen LogP contribution in [0.1, 0.15) is 79.1 Å². The van der Waals surface area contributed by atoms with Crippen molar-refractivity contribution in [2.24, 2.45) is 0 Å². The second-order valence-electron chi connectivity index (χ2n) is 4.44. The molecule has 0 spiro atoms. The minimum atomic E-state index is -3.81. The summed E-state index contributed by atoms with van der Waals surface area (Å²) in [6, 6.07) is 0. The molecule has 0 bridgehead atoms. The maximum Gasteiger partial charge on any atom is 0.319 e. The lowest BCUT2D eigenvalue weighted by molar-refractivity contribution is 0.361. The Kier molecular flexibility index (Phi) is 31.0. The maximum absolute atomic E-state index is 7.56. The normalized spacial score (nSPS) is 10.3. The first-order chi connectivity index (χ1) is 9.83. The second-order valence-corrected chi connectivity index (χ2v) is 9.43. The second kappa shape index (κ2) is 22.1. The Bertz CT molecular complexity index is 236. The average Bonchev–Trinajstić information content (AvgIpc) is 2.31. The first kappa shape index (κ1) is 30.9. The maximum atomic E-state index is 7.56. The predicted octanol–water partition coefficient (Wildman–Crippen LogP) is 3.55. The van der Waals surface area contributed by atoms with Crippen molar-refractivity contribution >= 4 is 37.1 Å². The molecule has 0 aromatic heterocycles. The van der Waals surface area contributed by atoms with Gasteiger partial charge in [0, 0.05) is 0 Å². The Morgan fingerprint density at radius 2 is 0.682 bits per heavy atom. The predicted molar refractivity (Wildman–Crippen MR) is 102 cm³/mol. The minimum Gasteiger partial charge on any atom is -0.325 e. The molecule has 0 aliphatic heterocycles. The molecule has 10 heteroatoms. The molecule has 0 amide bonds. The fourth-order valence-electron chi connectivity index (χ4n) is 0.854. The highest BCUT2D eigenvalue weighted by atomic mass is 32.5. The summed E-state index contributed by atoms with van der Waals surface area (Å²) in [6.07, 6.45) is 11.1. The summed E-state index contributed by atoms with van der Waals surface area (Å²) >= 11 is 7.21. The molecule has 0 aliphatic rings. The van der Waals surface area contributed by atoms with Crippen LogP contribution in [0.2, 0.25) is 0 Å². The highest BCUT2D eigenvalue weighted by Crippen LogP contribution is 2.26. The van der Waals surface area contributed by atoms with Crippen LogP contribution in [0.25, 0.3) is 0 Å². The van der Waals surface area contributed by atoms with Crippen molar-refractivity contribution in [3.8, 4) is 0 Å². The van der Waals surface area contributed by atoms with Crippen molar-refractivity contribution in [1.82, 2.24) is 0 Å². The van der Waals surface area contributed by atoms with Gasteiger partial charge in [0.2, 0.25) is 0 Å². The van der Waals surface area contributed by atoms with Gasteiger partial charge in [0.1, 0.15) is 0 Å². The van der Waals surface area contributed by atoms with E-state index in [0.717, 1.165) is 0 Å². The van der Waals surface area contributed by atoms with E-state index in [1.807, 2.05) is 0 Å². The smallest absolute Gasteiger partial charge is 0.319 e.